The number of halogens is 3. The predicted octanol–water partition coefficient (Wildman–Crippen LogP) is 3.10. The number of ether oxygens (including phenoxy) is 1. The van der Waals surface area contributed by atoms with E-state index >= 15 is 0 Å². The van der Waals surface area contributed by atoms with E-state index in [9.17, 15) is 4.79 Å². The summed E-state index contributed by atoms with van der Waals surface area (Å²) in [7, 11) is 1.73. The maximum Gasteiger partial charge on any atom is 0.323 e. The van der Waals surface area contributed by atoms with Crippen LogP contribution in [0.3, 0.4) is 0 Å². The number of nitrogens with one attached hydrogen (secondary N) is 1. The van der Waals surface area contributed by atoms with Gasteiger partial charge >= 0.3 is 5.97 Å². The summed E-state index contributed by atoms with van der Waals surface area (Å²) in [4.78, 5) is 15.6. The monoisotopic (exact) mass is 326 g/mol. The molecule has 1 atom stereocenters. The third-order valence-corrected chi connectivity index (χ3v) is 2.82. The van der Waals surface area contributed by atoms with Crippen molar-refractivity contribution >= 4 is 41.6 Å². The van der Waals surface area contributed by atoms with Crippen molar-refractivity contribution in [1.82, 2.24) is 10.3 Å². The van der Waals surface area contributed by atoms with Gasteiger partial charge in [0.1, 0.15) is 23.0 Å². The van der Waals surface area contributed by atoms with Crippen LogP contribution in [0, 0.1) is 5.92 Å². The summed E-state index contributed by atoms with van der Waals surface area (Å²) in [5.41, 5.74) is 0.715. The van der Waals surface area contributed by atoms with Gasteiger partial charge in [0.25, 0.3) is 0 Å². The molecule has 0 unspecified atom stereocenters. The largest absolute Gasteiger partial charge is 0.460 e. The molecule has 4 nitrogen and oxygen atoms in total. The summed E-state index contributed by atoms with van der Waals surface area (Å²) >= 11 is 11.5. The second-order valence-corrected chi connectivity index (χ2v) is 5.01. The Morgan fingerprint density at radius 2 is 1.89 bits per heavy atom. The Labute approximate surface area is 129 Å². The Hall–Kier alpha value is -0.550. The Balaban J connectivity index is 0.00000324. The highest BCUT2D eigenvalue weighted by molar-refractivity contribution is 6.32. The van der Waals surface area contributed by atoms with Crippen molar-refractivity contribution in [2.45, 2.75) is 26.5 Å². The molecule has 1 aromatic heterocycles. The summed E-state index contributed by atoms with van der Waals surface area (Å²) in [5.74, 6) is -0.135. The van der Waals surface area contributed by atoms with Crippen LogP contribution in [0.15, 0.2) is 12.1 Å². The Morgan fingerprint density at radius 1 is 1.37 bits per heavy atom. The average molecular weight is 328 g/mol. The van der Waals surface area contributed by atoms with Gasteiger partial charge in [-0.1, -0.05) is 37.0 Å². The van der Waals surface area contributed by atoms with Crippen molar-refractivity contribution in [3.05, 3.63) is 28.0 Å². The lowest BCUT2D eigenvalue weighted by Crippen LogP contribution is -2.39. The predicted molar refractivity (Wildman–Crippen MR) is 79.0 cm³/mol. The minimum absolute atomic E-state index is 0. The molecule has 0 aliphatic heterocycles. The summed E-state index contributed by atoms with van der Waals surface area (Å²) in [6.07, 6.45) is 0. The number of carbonyl (C=O) groups is 1. The molecular weight excluding hydrogens is 311 g/mol. The third kappa shape index (κ3) is 5.95. The molecule has 0 saturated heterocycles. The first-order chi connectivity index (χ1) is 8.43. The van der Waals surface area contributed by atoms with Crippen LogP contribution in [0.1, 0.15) is 19.4 Å². The van der Waals surface area contributed by atoms with Gasteiger partial charge < -0.3 is 10.1 Å². The molecule has 19 heavy (non-hydrogen) atoms. The number of likely N-dealkylation sites (N-methyl/N-ethyl adjacent to an activating group) is 1. The first-order valence-electron chi connectivity index (χ1n) is 5.60. The molecule has 7 heteroatoms. The van der Waals surface area contributed by atoms with Gasteiger partial charge in [0, 0.05) is 0 Å². The Morgan fingerprint density at radius 3 is 2.32 bits per heavy atom. The molecule has 0 aromatic carbocycles. The lowest BCUT2D eigenvalue weighted by molar-refractivity contribution is -0.148. The number of hydrogen-bond donors (Lipinski definition) is 1. The highest BCUT2D eigenvalue weighted by Crippen LogP contribution is 2.15. The van der Waals surface area contributed by atoms with Crippen molar-refractivity contribution in [2.24, 2.45) is 5.92 Å². The number of rotatable bonds is 5. The minimum atomic E-state index is -0.321. The molecule has 1 heterocycles. The quantitative estimate of drug-likeness (QED) is 0.667. The van der Waals surface area contributed by atoms with E-state index in [1.807, 2.05) is 13.8 Å². The van der Waals surface area contributed by atoms with Crippen LogP contribution in [-0.4, -0.2) is 24.0 Å². The molecule has 0 amide bonds. The van der Waals surface area contributed by atoms with Crippen molar-refractivity contribution in [3.8, 4) is 0 Å². The molecular formula is C12H17Cl3N2O2. The topological polar surface area (TPSA) is 51.2 Å². The molecule has 0 fully saturated rings. The van der Waals surface area contributed by atoms with Crippen molar-refractivity contribution in [1.29, 1.82) is 0 Å². The summed E-state index contributed by atoms with van der Waals surface area (Å²) in [5, 5.41) is 3.48. The molecule has 1 N–H and O–H groups in total. The zero-order valence-corrected chi connectivity index (χ0v) is 13.3. The van der Waals surface area contributed by atoms with Crippen LogP contribution in [-0.2, 0) is 16.1 Å². The zero-order chi connectivity index (χ0) is 13.7. The van der Waals surface area contributed by atoms with Crippen LogP contribution in [0.5, 0.6) is 0 Å². The van der Waals surface area contributed by atoms with Gasteiger partial charge in [-0.05, 0) is 30.7 Å². The second kappa shape index (κ2) is 8.59. The molecule has 0 aliphatic carbocycles. The number of nitrogens with zero attached hydrogens (tertiary/aromatic N) is 1. The molecule has 1 rings (SSSR count). The van der Waals surface area contributed by atoms with Crippen molar-refractivity contribution < 1.29 is 9.53 Å². The SMILES string of the molecule is CN[C@H](C(=O)OCc1cc(Cl)nc(Cl)c1)C(C)C.Cl. The van der Waals surface area contributed by atoms with E-state index < -0.39 is 0 Å². The number of carbonyl (C=O) groups excluding carboxylic acids is 1. The lowest BCUT2D eigenvalue weighted by atomic mass is 10.1. The smallest absolute Gasteiger partial charge is 0.323 e. The van der Waals surface area contributed by atoms with Crippen LogP contribution in [0.4, 0.5) is 0 Å². The van der Waals surface area contributed by atoms with Gasteiger partial charge in [-0.15, -0.1) is 12.4 Å². The van der Waals surface area contributed by atoms with E-state index in [1.54, 1.807) is 19.2 Å². The minimum Gasteiger partial charge on any atom is -0.460 e. The van der Waals surface area contributed by atoms with E-state index in [2.05, 4.69) is 10.3 Å². The summed E-state index contributed by atoms with van der Waals surface area (Å²) in [6.45, 7) is 4.02. The fraction of sp³-hybridized carbons (Fsp3) is 0.500. The zero-order valence-electron chi connectivity index (χ0n) is 10.9. The normalized spacial score (nSPS) is 11.9. The van der Waals surface area contributed by atoms with Crippen LogP contribution >= 0.6 is 35.6 Å². The van der Waals surface area contributed by atoms with Gasteiger partial charge in [-0.3, -0.25) is 4.79 Å². The van der Waals surface area contributed by atoms with Gasteiger partial charge in [-0.2, -0.15) is 0 Å². The molecule has 0 bridgehead atoms. The van der Waals surface area contributed by atoms with Gasteiger partial charge in [0.15, 0.2) is 0 Å². The van der Waals surface area contributed by atoms with Crippen molar-refractivity contribution in [3.63, 3.8) is 0 Å². The summed E-state index contributed by atoms with van der Waals surface area (Å²) in [6, 6.07) is 2.91. The number of aromatic nitrogens is 1. The molecule has 0 spiro atoms. The first-order valence-corrected chi connectivity index (χ1v) is 6.35. The van der Waals surface area contributed by atoms with E-state index in [-0.39, 0.29) is 47.2 Å². The third-order valence-electron chi connectivity index (χ3n) is 2.44. The van der Waals surface area contributed by atoms with Crippen LogP contribution in [0.2, 0.25) is 10.3 Å². The highest BCUT2D eigenvalue weighted by Gasteiger charge is 2.21. The van der Waals surface area contributed by atoms with Gasteiger partial charge in [0.2, 0.25) is 0 Å². The van der Waals surface area contributed by atoms with Crippen molar-refractivity contribution in [2.75, 3.05) is 7.05 Å². The molecule has 0 aliphatic rings. The Kier molecular flexibility index (Phi) is 8.34. The Bertz CT molecular complexity index is 407. The number of hydrogen-bond acceptors (Lipinski definition) is 4. The maximum atomic E-state index is 11.8. The van der Waals surface area contributed by atoms with Gasteiger partial charge in [0.05, 0.1) is 0 Å². The number of esters is 1. The maximum absolute atomic E-state index is 11.8. The second-order valence-electron chi connectivity index (χ2n) is 4.24. The molecule has 1 aromatic rings. The van der Waals surface area contributed by atoms with E-state index in [1.165, 1.54) is 0 Å². The number of pyridine rings is 1. The fourth-order valence-electron chi connectivity index (χ4n) is 1.57. The highest BCUT2D eigenvalue weighted by atomic mass is 35.5. The molecule has 108 valence electrons. The molecule has 0 saturated carbocycles. The standard InChI is InChI=1S/C12H16Cl2N2O2.ClH/c1-7(2)11(15-3)12(17)18-6-8-4-9(13)16-10(14)5-8;/h4-5,7,11,15H,6H2,1-3H3;1H/t11-;/m0./s1. The van der Waals surface area contributed by atoms with E-state index in [0.29, 0.717) is 5.56 Å². The lowest BCUT2D eigenvalue weighted by Gasteiger charge is -2.18. The van der Waals surface area contributed by atoms with E-state index in [0.717, 1.165) is 0 Å². The van der Waals surface area contributed by atoms with Crippen LogP contribution < -0.4 is 5.32 Å². The molecule has 0 radical (unpaired) electrons. The van der Waals surface area contributed by atoms with Gasteiger partial charge in [-0.25, -0.2) is 4.98 Å². The first kappa shape index (κ1) is 18.4. The summed E-state index contributed by atoms with van der Waals surface area (Å²) < 4.78 is 5.21. The van der Waals surface area contributed by atoms with Crippen LogP contribution in [0.25, 0.3) is 0 Å². The fourth-order valence-corrected chi connectivity index (χ4v) is 2.07. The van der Waals surface area contributed by atoms with E-state index in [4.69, 9.17) is 27.9 Å². The average Bonchev–Trinajstić information content (AvgIpc) is 2.25.